The van der Waals surface area contributed by atoms with E-state index in [9.17, 15) is 9.67 Å². The van der Waals surface area contributed by atoms with E-state index >= 15 is 0 Å². The number of nitrogens with zero attached hydrogens (tertiary/aromatic N) is 4. The fraction of sp³-hybridized carbons (Fsp3) is 0.545. The van der Waals surface area contributed by atoms with Crippen LogP contribution in [0, 0.1) is 5.92 Å². The number of rotatable bonds is 4. The van der Waals surface area contributed by atoms with Crippen molar-refractivity contribution in [2.75, 3.05) is 12.1 Å². The van der Waals surface area contributed by atoms with E-state index in [0.717, 1.165) is 0 Å². The van der Waals surface area contributed by atoms with Gasteiger partial charge in [-0.05, 0) is 0 Å². The summed E-state index contributed by atoms with van der Waals surface area (Å²) < 4.78 is 23.4. The smallest absolute Gasteiger partial charge is 0.351 e. The zero-order valence-corrected chi connectivity index (χ0v) is 12.6. The Morgan fingerprint density at radius 2 is 2.26 bits per heavy atom. The second-order valence-electron chi connectivity index (χ2n) is 5.64. The fourth-order valence-corrected chi connectivity index (χ4v) is 3.29. The number of aliphatic hydroxyl groups is 1. The molecule has 0 spiro atoms. The van der Waals surface area contributed by atoms with Gasteiger partial charge in [-0.25, -0.2) is 15.0 Å². The second kappa shape index (κ2) is 4.69. The third-order valence-electron chi connectivity index (χ3n) is 4.07. The van der Waals surface area contributed by atoms with Crippen LogP contribution >= 0.6 is 7.60 Å². The van der Waals surface area contributed by atoms with Crippen LogP contribution in [0.1, 0.15) is 12.6 Å². The van der Waals surface area contributed by atoms with Crippen LogP contribution < -0.4 is 5.73 Å². The molecule has 1 saturated carbocycles. The van der Waals surface area contributed by atoms with Crippen molar-refractivity contribution in [3.05, 3.63) is 12.7 Å². The summed E-state index contributed by atoms with van der Waals surface area (Å²) in [6.45, 7) is 0. The van der Waals surface area contributed by atoms with E-state index in [1.54, 1.807) is 0 Å². The number of fused-ring (bicyclic) bond motifs is 2. The van der Waals surface area contributed by atoms with Crippen molar-refractivity contribution in [3.63, 3.8) is 0 Å². The molecule has 2 aromatic heterocycles. The maximum absolute atomic E-state index is 11.0. The van der Waals surface area contributed by atoms with Crippen molar-refractivity contribution in [1.29, 1.82) is 0 Å². The standard InChI is InChI=1S/C11H14N5O6P/c12-8-6-9(14-2-13-8)16(3-15-6)10-7(17)5-1-11(5,22-10)21-4-23(18,19)20/h2-3,5,7,10,17H,1,4H2,(H2,12,13,14)(H2,18,19,20)/t5-,7+,10+,11?/m0/s1. The Kier molecular flexibility index (Phi) is 3.05. The van der Waals surface area contributed by atoms with Crippen molar-refractivity contribution in [2.45, 2.75) is 24.5 Å². The minimum absolute atomic E-state index is 0.207. The van der Waals surface area contributed by atoms with Crippen molar-refractivity contribution in [2.24, 2.45) is 5.92 Å². The first kappa shape index (κ1) is 14.9. The van der Waals surface area contributed by atoms with E-state index < -0.39 is 32.1 Å². The molecule has 0 radical (unpaired) electrons. The predicted octanol–water partition coefficient (Wildman–Crippen LogP) is -0.834. The topological polar surface area (TPSA) is 166 Å². The van der Waals surface area contributed by atoms with Crippen LogP contribution in [0.5, 0.6) is 0 Å². The summed E-state index contributed by atoms with van der Waals surface area (Å²) in [5, 5.41) is 10.4. The molecule has 124 valence electrons. The van der Waals surface area contributed by atoms with E-state index in [-0.39, 0.29) is 11.7 Å². The number of nitrogens with two attached hydrogens (primary N) is 1. The Morgan fingerprint density at radius 3 is 3.00 bits per heavy atom. The number of anilines is 1. The average molecular weight is 343 g/mol. The number of imidazole rings is 1. The van der Waals surface area contributed by atoms with Crippen LogP contribution in [-0.2, 0) is 14.0 Å². The maximum atomic E-state index is 11.0. The van der Waals surface area contributed by atoms with E-state index in [0.29, 0.717) is 17.6 Å². The van der Waals surface area contributed by atoms with Gasteiger partial charge >= 0.3 is 7.60 Å². The minimum atomic E-state index is -4.32. The molecule has 4 rings (SSSR count). The first-order chi connectivity index (χ1) is 10.8. The lowest BCUT2D eigenvalue weighted by molar-refractivity contribution is -0.188. The molecule has 12 heteroatoms. The Balaban J connectivity index is 1.61. The summed E-state index contributed by atoms with van der Waals surface area (Å²) in [6.07, 6.45) is 0.561. The molecule has 4 atom stereocenters. The molecule has 5 N–H and O–H groups in total. The van der Waals surface area contributed by atoms with Crippen LogP contribution in [-0.4, -0.2) is 52.7 Å². The Bertz CT molecular complexity index is 822. The molecular weight excluding hydrogens is 329 g/mol. The van der Waals surface area contributed by atoms with Crippen LogP contribution in [0.3, 0.4) is 0 Å². The summed E-state index contributed by atoms with van der Waals surface area (Å²) in [4.78, 5) is 29.9. The van der Waals surface area contributed by atoms with Crippen LogP contribution in [0.4, 0.5) is 5.82 Å². The lowest BCUT2D eigenvalue weighted by atomic mass is 10.2. The zero-order chi connectivity index (χ0) is 16.4. The average Bonchev–Trinajstić information content (AvgIpc) is 2.90. The molecule has 2 aromatic rings. The van der Waals surface area contributed by atoms with Gasteiger partial charge in [-0.2, -0.15) is 0 Å². The molecule has 1 aliphatic carbocycles. The number of hydrogen-bond acceptors (Lipinski definition) is 8. The van der Waals surface area contributed by atoms with Gasteiger partial charge < -0.3 is 30.1 Å². The van der Waals surface area contributed by atoms with Crippen LogP contribution in [0.25, 0.3) is 11.2 Å². The molecule has 2 fully saturated rings. The monoisotopic (exact) mass is 343 g/mol. The zero-order valence-electron chi connectivity index (χ0n) is 11.7. The molecule has 0 amide bonds. The highest BCUT2D eigenvalue weighted by atomic mass is 31.2. The molecule has 1 aliphatic heterocycles. The molecule has 0 bridgehead atoms. The third-order valence-corrected chi connectivity index (χ3v) is 4.54. The van der Waals surface area contributed by atoms with Gasteiger partial charge in [0, 0.05) is 12.3 Å². The highest BCUT2D eigenvalue weighted by Crippen LogP contribution is 2.61. The highest BCUT2D eigenvalue weighted by molar-refractivity contribution is 7.51. The normalized spacial score (nSPS) is 33.1. The van der Waals surface area contributed by atoms with Crippen molar-refractivity contribution < 1.29 is 28.9 Å². The van der Waals surface area contributed by atoms with Gasteiger partial charge in [-0.3, -0.25) is 9.13 Å². The van der Waals surface area contributed by atoms with Crippen molar-refractivity contribution in [3.8, 4) is 0 Å². The first-order valence-corrected chi connectivity index (χ1v) is 8.58. The minimum Gasteiger partial charge on any atom is -0.388 e. The summed E-state index contributed by atoms with van der Waals surface area (Å²) in [7, 11) is -4.32. The molecule has 2 aliphatic rings. The van der Waals surface area contributed by atoms with E-state index in [1.807, 2.05) is 0 Å². The summed E-state index contributed by atoms with van der Waals surface area (Å²) >= 11 is 0. The summed E-state index contributed by atoms with van der Waals surface area (Å²) in [5.41, 5.74) is 6.50. The van der Waals surface area contributed by atoms with Crippen molar-refractivity contribution >= 4 is 24.6 Å². The quantitative estimate of drug-likeness (QED) is 0.514. The highest BCUT2D eigenvalue weighted by Gasteiger charge is 2.69. The Labute approximate surface area is 129 Å². The maximum Gasteiger partial charge on any atom is 0.351 e. The number of aliphatic hydroxyl groups excluding tert-OH is 1. The Morgan fingerprint density at radius 1 is 1.48 bits per heavy atom. The van der Waals surface area contributed by atoms with E-state index in [2.05, 4.69) is 15.0 Å². The lowest BCUT2D eigenvalue weighted by Gasteiger charge is -2.21. The van der Waals surface area contributed by atoms with Crippen LogP contribution in [0.15, 0.2) is 12.7 Å². The van der Waals surface area contributed by atoms with Gasteiger partial charge in [0.15, 0.2) is 29.8 Å². The predicted molar refractivity (Wildman–Crippen MR) is 74.7 cm³/mol. The molecule has 1 saturated heterocycles. The van der Waals surface area contributed by atoms with Gasteiger partial charge in [0.05, 0.1) is 6.33 Å². The first-order valence-electron chi connectivity index (χ1n) is 6.78. The lowest BCUT2D eigenvalue weighted by Crippen LogP contribution is -2.24. The van der Waals surface area contributed by atoms with Gasteiger partial charge in [0.1, 0.15) is 17.9 Å². The fourth-order valence-electron chi connectivity index (χ4n) is 2.91. The third kappa shape index (κ3) is 2.33. The largest absolute Gasteiger partial charge is 0.388 e. The SMILES string of the molecule is Nc1ncnc2c1ncn2[C@@H]1OC2(OCP(=O)(O)O)C[C@H]2[C@H]1O. The van der Waals surface area contributed by atoms with E-state index in [1.165, 1.54) is 17.2 Å². The molecule has 23 heavy (non-hydrogen) atoms. The van der Waals surface area contributed by atoms with Gasteiger partial charge in [0.25, 0.3) is 0 Å². The molecule has 1 unspecified atom stereocenters. The Hall–Kier alpha value is -1.62. The molecule has 0 aromatic carbocycles. The second-order valence-corrected chi connectivity index (χ2v) is 7.23. The van der Waals surface area contributed by atoms with Gasteiger partial charge in [-0.15, -0.1) is 0 Å². The van der Waals surface area contributed by atoms with E-state index in [4.69, 9.17) is 25.0 Å². The van der Waals surface area contributed by atoms with Gasteiger partial charge in [-0.1, -0.05) is 0 Å². The molecule has 3 heterocycles. The number of aromatic nitrogens is 4. The number of hydrogen-bond donors (Lipinski definition) is 4. The molecule has 11 nitrogen and oxygen atoms in total. The summed E-state index contributed by atoms with van der Waals surface area (Å²) in [6, 6.07) is 0. The van der Waals surface area contributed by atoms with Crippen LogP contribution in [0.2, 0.25) is 0 Å². The van der Waals surface area contributed by atoms with Gasteiger partial charge in [0.2, 0.25) is 0 Å². The number of ether oxygens (including phenoxy) is 2. The van der Waals surface area contributed by atoms with Crippen molar-refractivity contribution in [1.82, 2.24) is 19.5 Å². The number of nitrogen functional groups attached to an aromatic ring is 1. The summed E-state index contributed by atoms with van der Waals surface area (Å²) in [5.74, 6) is -1.34. The molecular formula is C11H14N5O6P.